The summed E-state index contributed by atoms with van der Waals surface area (Å²) in [5.74, 6) is 1.63. The van der Waals surface area contributed by atoms with Crippen molar-refractivity contribution in [2.45, 2.75) is 45.1 Å². The molecule has 27 heavy (non-hydrogen) atoms. The SMILES string of the molecule is Cc1ccc(Nc2ccnc(N3CCCC3C(=O)N3CCCCC3)n2)cc1. The number of hydrogen-bond acceptors (Lipinski definition) is 5. The minimum Gasteiger partial charge on any atom is -0.341 e. The van der Waals surface area contributed by atoms with E-state index in [9.17, 15) is 4.79 Å². The smallest absolute Gasteiger partial charge is 0.245 e. The van der Waals surface area contributed by atoms with Crippen LogP contribution in [0.5, 0.6) is 0 Å². The zero-order chi connectivity index (χ0) is 18.6. The van der Waals surface area contributed by atoms with Crippen molar-refractivity contribution in [3.63, 3.8) is 0 Å². The molecule has 2 aliphatic heterocycles. The highest BCUT2D eigenvalue weighted by atomic mass is 16.2. The molecule has 0 saturated carbocycles. The molecule has 1 N–H and O–H groups in total. The fraction of sp³-hybridized carbons (Fsp3) is 0.476. The van der Waals surface area contributed by atoms with Gasteiger partial charge in [0.1, 0.15) is 11.9 Å². The van der Waals surface area contributed by atoms with Crippen LogP contribution in [0.4, 0.5) is 17.5 Å². The van der Waals surface area contributed by atoms with Crippen LogP contribution in [-0.2, 0) is 4.79 Å². The van der Waals surface area contributed by atoms with E-state index in [4.69, 9.17) is 0 Å². The summed E-state index contributed by atoms with van der Waals surface area (Å²) in [5.41, 5.74) is 2.22. The largest absolute Gasteiger partial charge is 0.341 e. The van der Waals surface area contributed by atoms with Crippen molar-refractivity contribution >= 4 is 23.4 Å². The van der Waals surface area contributed by atoms with Crippen LogP contribution in [0, 0.1) is 6.92 Å². The molecule has 6 heteroatoms. The van der Waals surface area contributed by atoms with E-state index in [1.807, 2.05) is 23.1 Å². The Hall–Kier alpha value is -2.63. The summed E-state index contributed by atoms with van der Waals surface area (Å²) < 4.78 is 0. The Balaban J connectivity index is 1.50. The molecular formula is C21H27N5O. The molecule has 2 aromatic rings. The molecule has 0 spiro atoms. The Bertz CT molecular complexity index is 785. The lowest BCUT2D eigenvalue weighted by atomic mass is 10.1. The van der Waals surface area contributed by atoms with Gasteiger partial charge < -0.3 is 15.1 Å². The number of carbonyl (C=O) groups excluding carboxylic acids is 1. The molecule has 2 aliphatic rings. The fourth-order valence-electron chi connectivity index (χ4n) is 3.93. The van der Waals surface area contributed by atoms with Crippen molar-refractivity contribution in [1.29, 1.82) is 0 Å². The Morgan fingerprint density at radius 1 is 1.04 bits per heavy atom. The van der Waals surface area contributed by atoms with Crippen LogP contribution < -0.4 is 10.2 Å². The molecule has 4 rings (SSSR count). The first kappa shape index (κ1) is 17.8. The number of hydrogen-bond donors (Lipinski definition) is 1. The van der Waals surface area contributed by atoms with E-state index in [1.165, 1.54) is 12.0 Å². The van der Waals surface area contributed by atoms with Gasteiger partial charge in [0.2, 0.25) is 11.9 Å². The minimum absolute atomic E-state index is 0.127. The first-order valence-electron chi connectivity index (χ1n) is 9.93. The van der Waals surface area contributed by atoms with Gasteiger partial charge in [0.05, 0.1) is 0 Å². The van der Waals surface area contributed by atoms with Gasteiger partial charge in [-0.05, 0) is 57.2 Å². The summed E-state index contributed by atoms with van der Waals surface area (Å²) in [6.07, 6.45) is 7.11. The average molecular weight is 365 g/mol. The van der Waals surface area contributed by atoms with E-state index >= 15 is 0 Å². The Kier molecular flexibility index (Phi) is 5.23. The molecule has 0 radical (unpaired) electrons. The van der Waals surface area contributed by atoms with Crippen molar-refractivity contribution in [1.82, 2.24) is 14.9 Å². The first-order chi connectivity index (χ1) is 13.2. The maximum absolute atomic E-state index is 13.0. The third-order valence-corrected chi connectivity index (χ3v) is 5.43. The standard InChI is InChI=1S/C21H27N5O/c1-16-7-9-17(10-8-16)23-19-11-12-22-21(24-19)26-15-5-6-18(26)20(27)25-13-3-2-4-14-25/h7-12,18H,2-6,13-15H2,1H3,(H,22,23,24). The van der Waals surface area contributed by atoms with Crippen molar-refractivity contribution < 1.29 is 4.79 Å². The van der Waals surface area contributed by atoms with Crippen molar-refractivity contribution in [2.75, 3.05) is 29.9 Å². The second kappa shape index (κ2) is 7.94. The second-order valence-corrected chi connectivity index (χ2v) is 7.47. The van der Waals surface area contributed by atoms with E-state index in [0.717, 1.165) is 56.8 Å². The van der Waals surface area contributed by atoms with Gasteiger partial charge in [0.25, 0.3) is 0 Å². The van der Waals surface area contributed by atoms with Gasteiger partial charge in [-0.1, -0.05) is 17.7 Å². The molecule has 1 amide bonds. The fourth-order valence-corrected chi connectivity index (χ4v) is 3.93. The van der Waals surface area contributed by atoms with Gasteiger partial charge in [-0.25, -0.2) is 4.98 Å². The molecular weight excluding hydrogens is 338 g/mol. The lowest BCUT2D eigenvalue weighted by Crippen LogP contribution is -2.48. The van der Waals surface area contributed by atoms with Crippen LogP contribution >= 0.6 is 0 Å². The number of benzene rings is 1. The predicted octanol–water partition coefficient (Wildman–Crippen LogP) is 3.51. The third kappa shape index (κ3) is 4.04. The van der Waals surface area contributed by atoms with Gasteiger partial charge in [0.15, 0.2) is 0 Å². The molecule has 1 aromatic heterocycles. The van der Waals surface area contributed by atoms with Crippen molar-refractivity contribution in [3.8, 4) is 0 Å². The molecule has 1 aromatic carbocycles. The lowest BCUT2D eigenvalue weighted by Gasteiger charge is -2.32. The second-order valence-electron chi connectivity index (χ2n) is 7.47. The van der Waals surface area contributed by atoms with Crippen LogP contribution in [-0.4, -0.2) is 46.5 Å². The summed E-state index contributed by atoms with van der Waals surface area (Å²) in [6.45, 7) is 4.68. The Morgan fingerprint density at radius 3 is 2.59 bits per heavy atom. The molecule has 1 unspecified atom stereocenters. The first-order valence-corrected chi connectivity index (χ1v) is 9.93. The summed E-state index contributed by atoms with van der Waals surface area (Å²) in [5, 5.41) is 3.33. The van der Waals surface area contributed by atoms with Crippen LogP contribution in [0.15, 0.2) is 36.5 Å². The maximum atomic E-state index is 13.0. The molecule has 1 atom stereocenters. The molecule has 2 fully saturated rings. The topological polar surface area (TPSA) is 61.4 Å². The average Bonchev–Trinajstić information content (AvgIpc) is 3.20. The minimum atomic E-state index is -0.127. The maximum Gasteiger partial charge on any atom is 0.245 e. The predicted molar refractivity (Wildman–Crippen MR) is 107 cm³/mol. The number of aromatic nitrogens is 2. The van der Waals surface area contributed by atoms with E-state index in [2.05, 4.69) is 39.2 Å². The van der Waals surface area contributed by atoms with E-state index in [1.54, 1.807) is 6.20 Å². The molecule has 3 heterocycles. The van der Waals surface area contributed by atoms with Crippen LogP contribution in [0.25, 0.3) is 0 Å². The number of likely N-dealkylation sites (tertiary alicyclic amines) is 1. The highest BCUT2D eigenvalue weighted by Gasteiger charge is 2.35. The van der Waals surface area contributed by atoms with Crippen molar-refractivity contribution in [2.24, 2.45) is 0 Å². The zero-order valence-electron chi connectivity index (χ0n) is 15.9. The highest BCUT2D eigenvalue weighted by molar-refractivity contribution is 5.85. The number of carbonyl (C=O) groups is 1. The Labute approximate surface area is 160 Å². The van der Waals surface area contributed by atoms with Crippen LogP contribution in [0.3, 0.4) is 0 Å². The quantitative estimate of drug-likeness (QED) is 0.898. The molecule has 142 valence electrons. The van der Waals surface area contributed by atoms with Gasteiger partial charge in [-0.3, -0.25) is 4.79 Å². The highest BCUT2D eigenvalue weighted by Crippen LogP contribution is 2.26. The number of aryl methyl sites for hydroxylation is 1. The number of anilines is 3. The van der Waals surface area contributed by atoms with Gasteiger partial charge in [-0.15, -0.1) is 0 Å². The summed E-state index contributed by atoms with van der Waals surface area (Å²) in [7, 11) is 0. The monoisotopic (exact) mass is 365 g/mol. The van der Waals surface area contributed by atoms with Gasteiger partial charge >= 0.3 is 0 Å². The number of rotatable bonds is 4. The number of amides is 1. The normalized spacial score (nSPS) is 20.0. The summed E-state index contributed by atoms with van der Waals surface area (Å²) in [4.78, 5) is 26.3. The molecule has 0 aliphatic carbocycles. The van der Waals surface area contributed by atoms with E-state index < -0.39 is 0 Å². The summed E-state index contributed by atoms with van der Waals surface area (Å²) >= 11 is 0. The number of nitrogens with one attached hydrogen (secondary N) is 1. The molecule has 2 saturated heterocycles. The lowest BCUT2D eigenvalue weighted by molar-refractivity contribution is -0.133. The Morgan fingerprint density at radius 2 is 1.81 bits per heavy atom. The van der Waals surface area contributed by atoms with Gasteiger partial charge in [-0.2, -0.15) is 4.98 Å². The number of piperidine rings is 1. The van der Waals surface area contributed by atoms with Crippen LogP contribution in [0.1, 0.15) is 37.7 Å². The zero-order valence-corrected chi connectivity index (χ0v) is 15.9. The van der Waals surface area contributed by atoms with Crippen LogP contribution in [0.2, 0.25) is 0 Å². The summed E-state index contributed by atoms with van der Waals surface area (Å²) in [6, 6.07) is 9.94. The molecule has 6 nitrogen and oxygen atoms in total. The number of nitrogens with zero attached hydrogens (tertiary/aromatic N) is 4. The third-order valence-electron chi connectivity index (χ3n) is 5.43. The van der Waals surface area contributed by atoms with Crippen molar-refractivity contribution in [3.05, 3.63) is 42.1 Å². The van der Waals surface area contributed by atoms with Gasteiger partial charge in [0, 0.05) is 31.5 Å². The molecule has 0 bridgehead atoms. The van der Waals surface area contributed by atoms with E-state index in [-0.39, 0.29) is 11.9 Å². The van der Waals surface area contributed by atoms with E-state index in [0.29, 0.717) is 5.95 Å².